The number of aromatic nitrogens is 2. The topological polar surface area (TPSA) is 204 Å². The summed E-state index contributed by atoms with van der Waals surface area (Å²) in [6.07, 6.45) is 9.06. The van der Waals surface area contributed by atoms with E-state index in [1.807, 2.05) is 67.8 Å². The van der Waals surface area contributed by atoms with E-state index in [1.54, 1.807) is 37.3 Å². The summed E-state index contributed by atoms with van der Waals surface area (Å²) in [5.74, 6) is -1.84. The average molecular weight is 921 g/mol. The molecule has 5 amide bonds. The van der Waals surface area contributed by atoms with Gasteiger partial charge in [-0.2, -0.15) is 0 Å². The normalized spacial score (nSPS) is 24.3. The van der Waals surface area contributed by atoms with Gasteiger partial charge in [-0.15, -0.1) is 11.3 Å². The monoisotopic (exact) mass is 920 g/mol. The van der Waals surface area contributed by atoms with Gasteiger partial charge in [-0.25, -0.2) is 19.6 Å². The molecule has 3 fully saturated rings. The van der Waals surface area contributed by atoms with Gasteiger partial charge in [0.2, 0.25) is 17.7 Å². The molecule has 0 spiro atoms. The third kappa shape index (κ3) is 10.4. The van der Waals surface area contributed by atoms with E-state index in [0.717, 1.165) is 42.8 Å². The lowest BCUT2D eigenvalue weighted by Gasteiger charge is -2.36. The van der Waals surface area contributed by atoms with E-state index in [2.05, 4.69) is 21.3 Å². The minimum atomic E-state index is -1.50. The predicted octanol–water partition coefficient (Wildman–Crippen LogP) is 6.51. The standard InChI is InChI=1S/C49H60N8O8S/c1-29(2)50-48-53-39(28-66-48)38-24-41(35-21-20-33(64-4)22-37(35)51-38)65-34-23-40-43(58)55-49(46(61)62)25-32(49)18-11-6-5-7-12-19-36(44(59)57(40)27-34)52-47(63)54-42(31-16-13-17-31)45(60)56(3)26-30-14-9-8-10-15-30/h8-11,14-15,18,20-22,24,28-29,31-32,34,36,40,42H,5-7,12-13,16-17,19,23,25-27H2,1-4H3,(H,50,53)(H,55,58)(H,61,62)(H2,52,54,63)/b18-11-/t32?,34-,36+,40+,42?,49-/m1/s1. The Morgan fingerprint density at radius 1 is 1.02 bits per heavy atom. The number of amides is 5. The number of urea groups is 1. The van der Waals surface area contributed by atoms with Crippen molar-refractivity contribution in [2.45, 2.75) is 120 Å². The van der Waals surface area contributed by atoms with Gasteiger partial charge in [-0.05, 0) is 76.0 Å². The highest BCUT2D eigenvalue weighted by atomic mass is 32.1. The van der Waals surface area contributed by atoms with E-state index in [0.29, 0.717) is 53.2 Å². The van der Waals surface area contributed by atoms with Crippen LogP contribution in [0.2, 0.25) is 0 Å². The van der Waals surface area contributed by atoms with Crippen molar-refractivity contribution in [1.82, 2.24) is 35.7 Å². The molecule has 2 aromatic heterocycles. The number of anilines is 1. The van der Waals surface area contributed by atoms with E-state index in [-0.39, 0.29) is 43.7 Å². The Morgan fingerprint density at radius 2 is 1.82 bits per heavy atom. The number of nitrogens with zero attached hydrogens (tertiary/aromatic N) is 4. The van der Waals surface area contributed by atoms with Crippen LogP contribution in [-0.2, 0) is 25.7 Å². The largest absolute Gasteiger partial charge is 0.497 e. The first-order valence-corrected chi connectivity index (χ1v) is 24.0. The van der Waals surface area contributed by atoms with Crippen LogP contribution in [0.3, 0.4) is 0 Å². The molecular weight excluding hydrogens is 861 g/mol. The molecule has 66 heavy (non-hydrogen) atoms. The number of rotatable bonds is 13. The third-order valence-electron chi connectivity index (χ3n) is 13.2. The Hall–Kier alpha value is -6.23. The van der Waals surface area contributed by atoms with Gasteiger partial charge >= 0.3 is 12.0 Å². The van der Waals surface area contributed by atoms with Crippen LogP contribution in [0.5, 0.6) is 11.5 Å². The van der Waals surface area contributed by atoms with Gasteiger partial charge < -0.3 is 45.6 Å². The smallest absolute Gasteiger partial charge is 0.330 e. The number of likely N-dealkylation sites (N-methyl/N-ethyl adjacent to an activating group) is 1. The Morgan fingerprint density at radius 3 is 2.55 bits per heavy atom. The lowest BCUT2D eigenvalue weighted by atomic mass is 9.79. The van der Waals surface area contributed by atoms with E-state index in [4.69, 9.17) is 19.4 Å². The number of allylic oxidation sites excluding steroid dienone is 1. The predicted molar refractivity (Wildman–Crippen MR) is 251 cm³/mol. The van der Waals surface area contributed by atoms with Gasteiger partial charge in [-0.3, -0.25) is 14.4 Å². The van der Waals surface area contributed by atoms with Crippen LogP contribution >= 0.6 is 11.3 Å². The zero-order valence-corrected chi connectivity index (χ0v) is 38.8. The summed E-state index contributed by atoms with van der Waals surface area (Å²) in [6, 6.07) is 13.5. The van der Waals surface area contributed by atoms with Crippen LogP contribution in [0.25, 0.3) is 22.3 Å². The first-order chi connectivity index (χ1) is 31.8. The second-order valence-electron chi connectivity index (χ2n) is 18.4. The van der Waals surface area contributed by atoms with Crippen molar-refractivity contribution in [3.63, 3.8) is 0 Å². The maximum atomic E-state index is 15.0. The van der Waals surface area contributed by atoms with Gasteiger partial charge in [0, 0.05) is 54.9 Å². The van der Waals surface area contributed by atoms with Gasteiger partial charge in [-0.1, -0.05) is 61.7 Å². The Labute approximate surface area is 388 Å². The SMILES string of the molecule is COc1ccc2c(O[C@@H]3C[C@H]4C(=O)N[C@]5(C(=O)O)CC5/C=C\CCCCC[C@H](NC(=O)NC(C(=O)N(C)Cc5ccccc5)C5CCC5)C(=O)N4C3)cc(-c3csc(NC(C)C)n3)nc2c1. The number of methoxy groups -OCH3 is 1. The number of pyridine rings is 1. The molecule has 2 aromatic carbocycles. The van der Waals surface area contributed by atoms with Gasteiger partial charge in [0.25, 0.3) is 0 Å². The molecule has 2 saturated carbocycles. The molecule has 2 aliphatic heterocycles. The minimum Gasteiger partial charge on any atom is -0.497 e. The van der Waals surface area contributed by atoms with Crippen molar-refractivity contribution in [2.75, 3.05) is 26.0 Å². The number of fused-ring (bicyclic) bond motifs is 3. The fourth-order valence-electron chi connectivity index (χ4n) is 9.23. The molecule has 350 valence electrons. The Balaban J connectivity index is 1.07. The summed E-state index contributed by atoms with van der Waals surface area (Å²) in [4.78, 5) is 82.9. The quantitative estimate of drug-likeness (QED) is 0.0915. The zero-order chi connectivity index (χ0) is 46.5. The molecule has 8 rings (SSSR count). The Kier molecular flexibility index (Phi) is 14.1. The van der Waals surface area contributed by atoms with E-state index >= 15 is 0 Å². The molecular formula is C49H60N8O8S. The number of thiazole rings is 1. The van der Waals surface area contributed by atoms with Crippen LogP contribution < -0.4 is 30.7 Å². The zero-order valence-electron chi connectivity index (χ0n) is 38.0. The molecule has 5 N–H and O–H groups in total. The maximum absolute atomic E-state index is 15.0. The van der Waals surface area contributed by atoms with Crippen molar-refractivity contribution in [3.8, 4) is 22.9 Å². The number of carboxylic acid groups (broad SMARTS) is 1. The molecule has 2 aliphatic carbocycles. The third-order valence-corrected chi connectivity index (χ3v) is 14.0. The molecule has 4 aromatic rings. The number of carbonyl (C=O) groups excluding carboxylic acids is 4. The summed E-state index contributed by atoms with van der Waals surface area (Å²) in [5, 5.41) is 25.8. The number of benzene rings is 2. The minimum absolute atomic E-state index is 0.0257. The van der Waals surface area contributed by atoms with Gasteiger partial charge in [0.05, 0.1) is 24.9 Å². The summed E-state index contributed by atoms with van der Waals surface area (Å²) in [5.41, 5.74) is 1.24. The fraction of sp³-hybridized carbons (Fsp3) is 0.490. The molecule has 2 unspecified atom stereocenters. The molecule has 1 saturated heterocycles. The average Bonchev–Trinajstić information content (AvgIpc) is 3.54. The molecule has 0 radical (unpaired) electrons. The van der Waals surface area contributed by atoms with E-state index in [9.17, 15) is 29.1 Å². The lowest BCUT2D eigenvalue weighted by molar-refractivity contribution is -0.145. The molecule has 0 bridgehead atoms. The van der Waals surface area contributed by atoms with E-state index in [1.165, 1.54) is 16.2 Å². The number of carbonyl (C=O) groups is 5. The van der Waals surface area contributed by atoms with Crippen molar-refractivity contribution < 1.29 is 38.6 Å². The van der Waals surface area contributed by atoms with Crippen LogP contribution in [0.15, 0.2) is 72.1 Å². The summed E-state index contributed by atoms with van der Waals surface area (Å²) >= 11 is 1.46. The Bertz CT molecular complexity index is 2460. The lowest BCUT2D eigenvalue weighted by Crippen LogP contribution is -2.59. The van der Waals surface area contributed by atoms with Crippen LogP contribution in [0, 0.1) is 11.8 Å². The van der Waals surface area contributed by atoms with Crippen molar-refractivity contribution >= 4 is 57.1 Å². The molecule has 6 atom stereocenters. The number of aliphatic carboxylic acids is 1. The maximum Gasteiger partial charge on any atom is 0.330 e. The number of hydrogen-bond acceptors (Lipinski definition) is 11. The number of hydrogen-bond donors (Lipinski definition) is 5. The molecule has 16 nitrogen and oxygen atoms in total. The fourth-order valence-corrected chi connectivity index (χ4v) is 10.1. The van der Waals surface area contributed by atoms with E-state index < -0.39 is 59.5 Å². The van der Waals surface area contributed by atoms with Crippen molar-refractivity contribution in [2.24, 2.45) is 11.8 Å². The number of carboxylic acids is 1. The first kappa shape index (κ1) is 46.3. The number of ether oxygens (including phenoxy) is 2. The second-order valence-corrected chi connectivity index (χ2v) is 19.2. The highest BCUT2D eigenvalue weighted by molar-refractivity contribution is 7.14. The molecule has 4 heterocycles. The van der Waals surface area contributed by atoms with Crippen LogP contribution in [0.4, 0.5) is 9.93 Å². The second kappa shape index (κ2) is 20.1. The first-order valence-electron chi connectivity index (χ1n) is 23.1. The number of nitrogens with one attached hydrogen (secondary N) is 4. The van der Waals surface area contributed by atoms with Crippen LogP contribution in [0.1, 0.15) is 83.6 Å². The summed E-state index contributed by atoms with van der Waals surface area (Å²) in [7, 11) is 3.30. The van der Waals surface area contributed by atoms with Gasteiger partial charge in [0.1, 0.15) is 47.0 Å². The highest BCUT2D eigenvalue weighted by Gasteiger charge is 2.61. The summed E-state index contributed by atoms with van der Waals surface area (Å²) in [6.45, 7) is 4.41. The highest BCUT2D eigenvalue weighted by Crippen LogP contribution is 2.46. The summed E-state index contributed by atoms with van der Waals surface area (Å²) < 4.78 is 12.3. The molecule has 4 aliphatic rings. The molecule has 17 heteroatoms. The van der Waals surface area contributed by atoms with Crippen molar-refractivity contribution in [3.05, 3.63) is 77.7 Å². The van der Waals surface area contributed by atoms with Gasteiger partial charge in [0.15, 0.2) is 5.13 Å². The van der Waals surface area contributed by atoms with Crippen LogP contribution in [-0.4, -0.2) is 111 Å². The van der Waals surface area contributed by atoms with Crippen molar-refractivity contribution in [1.29, 1.82) is 0 Å².